The number of carbonyl (C=O) groups is 2. The largest absolute Gasteiger partial charge is 0.350 e. The molecule has 0 heterocycles. The molecule has 0 fully saturated rings. The smallest absolute Gasteiger partial charge is 0.283 e. The Morgan fingerprint density at radius 3 is 2.44 bits per heavy atom. The molecule has 0 saturated heterocycles. The van der Waals surface area contributed by atoms with Crippen molar-refractivity contribution in [2.24, 2.45) is 0 Å². The molecule has 0 saturated carbocycles. The highest BCUT2D eigenvalue weighted by Crippen LogP contribution is 2.29. The van der Waals surface area contributed by atoms with Crippen LogP contribution in [0.1, 0.15) is 34.6 Å². The van der Waals surface area contributed by atoms with Gasteiger partial charge in [0.2, 0.25) is 0 Å². The Kier molecular flexibility index (Phi) is 6.81. The van der Waals surface area contributed by atoms with Crippen LogP contribution in [0, 0.1) is 10.1 Å². The van der Waals surface area contributed by atoms with Crippen molar-refractivity contribution in [3.8, 4) is 0 Å². The van der Waals surface area contributed by atoms with Crippen LogP contribution in [0.2, 0.25) is 5.02 Å². The zero-order valence-electron chi connectivity index (χ0n) is 14.9. The molecule has 0 unspecified atom stereocenters. The topological polar surface area (TPSA) is 101 Å². The van der Waals surface area contributed by atoms with Crippen LogP contribution in [-0.4, -0.2) is 29.0 Å². The van der Waals surface area contributed by atoms with Crippen molar-refractivity contribution >= 4 is 46.6 Å². The number of anilines is 1. The Labute approximate surface area is 165 Å². The number of nitrogens with zero attached hydrogens (tertiary/aromatic N) is 1. The van der Waals surface area contributed by atoms with E-state index in [0.717, 1.165) is 0 Å². The predicted molar refractivity (Wildman–Crippen MR) is 107 cm³/mol. The van der Waals surface area contributed by atoms with Crippen LogP contribution < -0.4 is 10.6 Å². The molecule has 0 aromatic heterocycles. The van der Waals surface area contributed by atoms with Gasteiger partial charge in [-0.1, -0.05) is 11.6 Å². The van der Waals surface area contributed by atoms with Crippen LogP contribution in [0.25, 0.3) is 0 Å². The molecule has 0 radical (unpaired) electrons. The molecule has 0 bridgehead atoms. The number of halogens is 1. The number of benzene rings is 2. The van der Waals surface area contributed by atoms with Gasteiger partial charge in [0.05, 0.1) is 21.1 Å². The summed E-state index contributed by atoms with van der Waals surface area (Å²) in [5.74, 6) is -0.938. The molecule has 2 rings (SSSR count). The van der Waals surface area contributed by atoms with Crippen molar-refractivity contribution in [1.82, 2.24) is 5.32 Å². The Morgan fingerprint density at radius 1 is 1.15 bits per heavy atom. The first-order valence-electron chi connectivity index (χ1n) is 7.97. The van der Waals surface area contributed by atoms with Gasteiger partial charge < -0.3 is 10.6 Å². The molecule has 0 atom stereocenters. The Bertz CT molecular complexity index is 902. The lowest BCUT2D eigenvalue weighted by Gasteiger charge is -2.14. The van der Waals surface area contributed by atoms with Gasteiger partial charge in [-0.3, -0.25) is 19.7 Å². The van der Waals surface area contributed by atoms with Crippen molar-refractivity contribution in [3.05, 3.63) is 62.7 Å². The van der Waals surface area contributed by atoms with E-state index >= 15 is 0 Å². The summed E-state index contributed by atoms with van der Waals surface area (Å²) in [6.07, 6.45) is 1.72. The molecule has 0 aliphatic heterocycles. The summed E-state index contributed by atoms with van der Waals surface area (Å²) in [5, 5.41) is 16.9. The van der Waals surface area contributed by atoms with E-state index in [9.17, 15) is 19.7 Å². The first-order chi connectivity index (χ1) is 12.7. The standard InChI is InChI=1S/C18H18ClN3O4S/c1-10(2)20-18(24)13-6-5-12(19)9-14(13)21-17(23)11-4-7-16(27-3)15(8-11)22(25)26/h4-10H,1-3H3,(H,20,24)(H,21,23). The van der Waals surface area contributed by atoms with E-state index in [2.05, 4.69) is 10.6 Å². The Balaban J connectivity index is 2.35. The first-order valence-corrected chi connectivity index (χ1v) is 9.57. The van der Waals surface area contributed by atoms with Crippen LogP contribution in [0.5, 0.6) is 0 Å². The molecule has 27 heavy (non-hydrogen) atoms. The average Bonchev–Trinajstić information content (AvgIpc) is 2.60. The summed E-state index contributed by atoms with van der Waals surface area (Å²) in [6.45, 7) is 3.64. The molecule has 2 N–H and O–H groups in total. The minimum atomic E-state index is -0.577. The van der Waals surface area contributed by atoms with E-state index in [1.165, 1.54) is 42.1 Å². The molecule has 2 aromatic carbocycles. The van der Waals surface area contributed by atoms with Crippen LogP contribution in [0.3, 0.4) is 0 Å². The fourth-order valence-electron chi connectivity index (χ4n) is 2.33. The zero-order valence-corrected chi connectivity index (χ0v) is 16.5. The summed E-state index contributed by atoms with van der Waals surface area (Å²) in [4.78, 5) is 36.0. The third kappa shape index (κ3) is 5.21. The summed E-state index contributed by atoms with van der Waals surface area (Å²) in [5.41, 5.74) is 0.424. The number of carbonyl (C=O) groups excluding carboxylic acids is 2. The minimum Gasteiger partial charge on any atom is -0.350 e. The molecular weight excluding hydrogens is 390 g/mol. The number of hydrogen-bond acceptors (Lipinski definition) is 5. The van der Waals surface area contributed by atoms with Crippen molar-refractivity contribution in [2.75, 3.05) is 11.6 Å². The molecular formula is C18H18ClN3O4S. The van der Waals surface area contributed by atoms with Crippen molar-refractivity contribution in [3.63, 3.8) is 0 Å². The summed E-state index contributed by atoms with van der Waals surface area (Å²) in [7, 11) is 0. The maximum absolute atomic E-state index is 12.6. The fourth-order valence-corrected chi connectivity index (χ4v) is 3.05. The molecule has 142 valence electrons. The van der Waals surface area contributed by atoms with E-state index in [0.29, 0.717) is 9.92 Å². The quantitative estimate of drug-likeness (QED) is 0.421. The molecule has 0 aliphatic rings. The van der Waals surface area contributed by atoms with Gasteiger partial charge in [-0.2, -0.15) is 0 Å². The summed E-state index contributed by atoms with van der Waals surface area (Å²) < 4.78 is 0. The number of nitrogens with one attached hydrogen (secondary N) is 2. The number of rotatable bonds is 6. The second kappa shape index (κ2) is 8.88. The maximum atomic E-state index is 12.6. The van der Waals surface area contributed by atoms with Crippen LogP contribution in [0.15, 0.2) is 41.3 Å². The molecule has 0 spiro atoms. The normalized spacial score (nSPS) is 10.6. The molecule has 2 aromatic rings. The second-order valence-corrected chi connectivity index (χ2v) is 7.20. The Hall–Kier alpha value is -2.58. The predicted octanol–water partition coefficient (Wildman–Crippen LogP) is 4.36. The lowest BCUT2D eigenvalue weighted by molar-refractivity contribution is -0.387. The number of hydrogen-bond donors (Lipinski definition) is 2. The molecule has 2 amide bonds. The van der Waals surface area contributed by atoms with E-state index in [1.54, 1.807) is 12.3 Å². The number of thioether (sulfide) groups is 1. The minimum absolute atomic E-state index is 0.0848. The molecule has 7 nitrogen and oxygen atoms in total. The highest BCUT2D eigenvalue weighted by Gasteiger charge is 2.19. The van der Waals surface area contributed by atoms with E-state index in [1.807, 2.05) is 13.8 Å². The lowest BCUT2D eigenvalue weighted by Crippen LogP contribution is -2.31. The third-order valence-corrected chi connectivity index (χ3v) is 4.55. The Morgan fingerprint density at radius 2 is 1.85 bits per heavy atom. The van der Waals surface area contributed by atoms with Gasteiger partial charge in [0.15, 0.2) is 0 Å². The van der Waals surface area contributed by atoms with Crippen LogP contribution >= 0.6 is 23.4 Å². The van der Waals surface area contributed by atoms with Crippen LogP contribution in [0.4, 0.5) is 11.4 Å². The monoisotopic (exact) mass is 407 g/mol. The van der Waals surface area contributed by atoms with Crippen molar-refractivity contribution < 1.29 is 14.5 Å². The number of amides is 2. The first kappa shape index (κ1) is 20.7. The highest BCUT2D eigenvalue weighted by molar-refractivity contribution is 7.98. The van der Waals surface area contributed by atoms with Gasteiger partial charge in [-0.05, 0) is 50.4 Å². The van der Waals surface area contributed by atoms with Crippen LogP contribution in [-0.2, 0) is 0 Å². The average molecular weight is 408 g/mol. The van der Waals surface area contributed by atoms with Gasteiger partial charge in [-0.25, -0.2) is 0 Å². The van der Waals surface area contributed by atoms with Gasteiger partial charge >= 0.3 is 0 Å². The van der Waals surface area contributed by atoms with E-state index in [-0.39, 0.29) is 34.5 Å². The van der Waals surface area contributed by atoms with Gasteiger partial charge in [-0.15, -0.1) is 11.8 Å². The van der Waals surface area contributed by atoms with Gasteiger partial charge in [0, 0.05) is 22.7 Å². The zero-order chi connectivity index (χ0) is 20.1. The number of nitro groups is 1. The SMILES string of the molecule is CSc1ccc(C(=O)Nc2cc(Cl)ccc2C(=O)NC(C)C)cc1[N+](=O)[O-]. The summed E-state index contributed by atoms with van der Waals surface area (Å²) >= 11 is 7.21. The molecule has 9 heteroatoms. The van der Waals surface area contributed by atoms with Crippen molar-refractivity contribution in [1.29, 1.82) is 0 Å². The van der Waals surface area contributed by atoms with Crippen molar-refractivity contribution in [2.45, 2.75) is 24.8 Å². The van der Waals surface area contributed by atoms with E-state index in [4.69, 9.17) is 11.6 Å². The lowest BCUT2D eigenvalue weighted by atomic mass is 10.1. The second-order valence-electron chi connectivity index (χ2n) is 5.92. The fraction of sp³-hybridized carbons (Fsp3) is 0.222. The van der Waals surface area contributed by atoms with E-state index < -0.39 is 10.8 Å². The number of nitro benzene ring substituents is 1. The summed E-state index contributed by atoms with van der Waals surface area (Å²) in [6, 6.07) is 8.64. The molecule has 0 aliphatic carbocycles. The highest BCUT2D eigenvalue weighted by atomic mass is 35.5. The maximum Gasteiger partial charge on any atom is 0.283 e. The van der Waals surface area contributed by atoms with Gasteiger partial charge in [0.25, 0.3) is 17.5 Å². The third-order valence-electron chi connectivity index (χ3n) is 3.53. The van der Waals surface area contributed by atoms with Gasteiger partial charge in [0.1, 0.15) is 0 Å².